The summed E-state index contributed by atoms with van der Waals surface area (Å²) in [6.07, 6.45) is 3.03. The van der Waals surface area contributed by atoms with Crippen LogP contribution in [0.25, 0.3) is 15.4 Å². The number of pyridine rings is 2. The van der Waals surface area contributed by atoms with Crippen LogP contribution in [0, 0.1) is 6.57 Å². The molecular formula is C25H20N6OS. The van der Waals surface area contributed by atoms with Gasteiger partial charge in [0.15, 0.2) is 5.75 Å². The fourth-order valence-electron chi connectivity index (χ4n) is 3.89. The SMILES string of the molecule is [C-]#[N+]c1cccc(Cc2cc(Nc3cccc(-c4nccs4)c3OC)c3c(n2)CC(C)=N3)n1. The molecule has 7 nitrogen and oxygen atoms in total. The highest BCUT2D eigenvalue weighted by molar-refractivity contribution is 7.13. The molecule has 162 valence electrons. The van der Waals surface area contributed by atoms with E-state index in [0.717, 1.165) is 56.2 Å². The van der Waals surface area contributed by atoms with E-state index in [9.17, 15) is 0 Å². The number of nitrogens with zero attached hydrogens (tertiary/aromatic N) is 5. The second-order valence-corrected chi connectivity index (χ2v) is 8.50. The highest BCUT2D eigenvalue weighted by Crippen LogP contribution is 2.42. The zero-order valence-corrected chi connectivity index (χ0v) is 19.0. The molecule has 0 saturated carbocycles. The maximum Gasteiger partial charge on any atom is 0.269 e. The van der Waals surface area contributed by atoms with Crippen LogP contribution in [0.3, 0.4) is 0 Å². The average Bonchev–Trinajstić information content (AvgIpc) is 3.48. The summed E-state index contributed by atoms with van der Waals surface area (Å²) in [7, 11) is 1.67. The Morgan fingerprint density at radius 1 is 1.12 bits per heavy atom. The zero-order chi connectivity index (χ0) is 22.8. The topological polar surface area (TPSA) is 76.7 Å². The summed E-state index contributed by atoms with van der Waals surface area (Å²) >= 11 is 1.57. The van der Waals surface area contributed by atoms with E-state index in [-0.39, 0.29) is 0 Å². The van der Waals surface area contributed by atoms with Gasteiger partial charge in [0.2, 0.25) is 0 Å². The maximum atomic E-state index is 7.22. The molecule has 0 spiro atoms. The Balaban J connectivity index is 1.54. The molecule has 0 saturated heterocycles. The molecule has 1 aliphatic heterocycles. The van der Waals surface area contributed by atoms with Gasteiger partial charge in [-0.25, -0.2) is 4.98 Å². The predicted octanol–water partition coefficient (Wildman–Crippen LogP) is 6.14. The van der Waals surface area contributed by atoms with Crippen molar-refractivity contribution in [3.63, 3.8) is 0 Å². The van der Waals surface area contributed by atoms with Crippen LogP contribution in [0.1, 0.15) is 24.0 Å². The normalized spacial score (nSPS) is 12.1. The third-order valence-corrected chi connectivity index (χ3v) is 6.07. The fraction of sp³-hybridized carbons (Fsp3) is 0.160. The molecule has 0 aliphatic carbocycles. The Hall–Kier alpha value is -4.09. The Bertz CT molecular complexity index is 1410. The van der Waals surface area contributed by atoms with Gasteiger partial charge in [0.05, 0.1) is 41.9 Å². The van der Waals surface area contributed by atoms with E-state index in [1.807, 2.05) is 48.7 Å². The lowest BCUT2D eigenvalue weighted by Gasteiger charge is -2.16. The van der Waals surface area contributed by atoms with Crippen LogP contribution in [0.2, 0.25) is 0 Å². The first-order valence-electron chi connectivity index (χ1n) is 10.4. The number of para-hydroxylation sites is 1. The molecule has 8 heteroatoms. The summed E-state index contributed by atoms with van der Waals surface area (Å²) in [6, 6.07) is 13.4. The number of ether oxygens (including phenoxy) is 1. The Labute approximate surface area is 195 Å². The molecule has 1 aromatic carbocycles. The van der Waals surface area contributed by atoms with Crippen molar-refractivity contribution in [2.45, 2.75) is 19.8 Å². The van der Waals surface area contributed by atoms with Crippen LogP contribution in [0.4, 0.5) is 22.9 Å². The van der Waals surface area contributed by atoms with Crippen LogP contribution in [-0.2, 0) is 12.8 Å². The monoisotopic (exact) mass is 452 g/mol. The molecule has 3 aromatic heterocycles. The molecule has 33 heavy (non-hydrogen) atoms. The molecule has 0 amide bonds. The first-order chi connectivity index (χ1) is 16.1. The molecular weight excluding hydrogens is 432 g/mol. The van der Waals surface area contributed by atoms with Crippen molar-refractivity contribution < 1.29 is 4.74 Å². The molecule has 0 bridgehead atoms. The van der Waals surface area contributed by atoms with Crippen LogP contribution < -0.4 is 10.1 Å². The van der Waals surface area contributed by atoms with Gasteiger partial charge in [-0.15, -0.1) is 16.3 Å². The van der Waals surface area contributed by atoms with Gasteiger partial charge in [-0.2, -0.15) is 0 Å². The molecule has 0 fully saturated rings. The second-order valence-electron chi connectivity index (χ2n) is 7.60. The van der Waals surface area contributed by atoms with E-state index < -0.39 is 0 Å². The number of methoxy groups -OCH3 is 1. The van der Waals surface area contributed by atoms with Gasteiger partial charge in [-0.1, -0.05) is 18.7 Å². The summed E-state index contributed by atoms with van der Waals surface area (Å²) in [5, 5.41) is 6.38. The van der Waals surface area contributed by atoms with Crippen molar-refractivity contribution in [3.05, 3.63) is 82.5 Å². The molecule has 5 rings (SSSR count). The highest BCUT2D eigenvalue weighted by Gasteiger charge is 2.21. The highest BCUT2D eigenvalue weighted by atomic mass is 32.1. The number of aliphatic imine (C=N–C) groups is 1. The van der Waals surface area contributed by atoms with E-state index >= 15 is 0 Å². The quantitative estimate of drug-likeness (QED) is 0.356. The predicted molar refractivity (Wildman–Crippen MR) is 131 cm³/mol. The number of aromatic nitrogens is 3. The van der Waals surface area contributed by atoms with Crippen molar-refractivity contribution in [2.24, 2.45) is 4.99 Å². The minimum absolute atomic E-state index is 0.384. The summed E-state index contributed by atoms with van der Waals surface area (Å²) in [4.78, 5) is 21.9. The van der Waals surface area contributed by atoms with Crippen molar-refractivity contribution in [1.29, 1.82) is 0 Å². The number of nitrogens with one attached hydrogen (secondary N) is 1. The van der Waals surface area contributed by atoms with E-state index in [2.05, 4.69) is 20.1 Å². The summed E-state index contributed by atoms with van der Waals surface area (Å²) < 4.78 is 5.78. The number of benzene rings is 1. The lowest BCUT2D eigenvalue weighted by molar-refractivity contribution is 0.418. The molecule has 0 radical (unpaired) electrons. The number of thiazole rings is 1. The van der Waals surface area contributed by atoms with Gasteiger partial charge < -0.3 is 14.9 Å². The molecule has 1 aliphatic rings. The Morgan fingerprint density at radius 3 is 2.79 bits per heavy atom. The third-order valence-electron chi connectivity index (χ3n) is 5.26. The van der Waals surface area contributed by atoms with Gasteiger partial charge in [0.25, 0.3) is 5.82 Å². The minimum atomic E-state index is 0.384. The lowest BCUT2D eigenvalue weighted by Crippen LogP contribution is -2.02. The number of rotatable bonds is 6. The summed E-state index contributed by atoms with van der Waals surface area (Å²) in [5.74, 6) is 1.11. The minimum Gasteiger partial charge on any atom is -0.494 e. The average molecular weight is 453 g/mol. The molecule has 4 heterocycles. The number of fused-ring (bicyclic) bond motifs is 1. The van der Waals surface area contributed by atoms with Gasteiger partial charge in [0, 0.05) is 23.7 Å². The van der Waals surface area contributed by atoms with Crippen molar-refractivity contribution >= 4 is 39.9 Å². The van der Waals surface area contributed by atoms with Crippen molar-refractivity contribution in [2.75, 3.05) is 12.4 Å². The van der Waals surface area contributed by atoms with Gasteiger partial charge in [-0.3, -0.25) is 9.98 Å². The fourth-order valence-corrected chi connectivity index (χ4v) is 4.55. The summed E-state index contributed by atoms with van der Waals surface area (Å²) in [6.45, 7) is 9.22. The standard InChI is InChI=1S/C25H20N6OS/c1-15-12-20-23(28-15)21(14-17(29-20)13-16-6-4-9-22(26-2)30-16)31-19-8-5-7-18(24(19)32-3)25-27-10-11-33-25/h4-11,14H,12-13H2,1,3H3,(H,29,31). The van der Waals surface area contributed by atoms with E-state index in [1.54, 1.807) is 30.7 Å². The lowest BCUT2D eigenvalue weighted by atomic mass is 10.1. The maximum absolute atomic E-state index is 7.22. The van der Waals surface area contributed by atoms with E-state index in [0.29, 0.717) is 18.7 Å². The molecule has 0 unspecified atom stereocenters. The van der Waals surface area contributed by atoms with Crippen LogP contribution in [-0.4, -0.2) is 27.8 Å². The summed E-state index contributed by atoms with van der Waals surface area (Å²) in [5.41, 5.74) is 7.11. The number of anilines is 2. The van der Waals surface area contributed by atoms with Gasteiger partial charge in [-0.05, 0) is 37.3 Å². The number of hydrogen-bond acceptors (Lipinski definition) is 7. The second kappa shape index (κ2) is 8.81. The van der Waals surface area contributed by atoms with Gasteiger partial charge in [0.1, 0.15) is 16.4 Å². The zero-order valence-electron chi connectivity index (χ0n) is 18.2. The van der Waals surface area contributed by atoms with Crippen LogP contribution in [0.15, 0.2) is 59.0 Å². The third kappa shape index (κ3) is 4.19. The molecule has 0 atom stereocenters. The Kier molecular flexibility index (Phi) is 5.55. The molecule has 4 aromatic rings. The largest absolute Gasteiger partial charge is 0.494 e. The number of hydrogen-bond donors (Lipinski definition) is 1. The van der Waals surface area contributed by atoms with Crippen LogP contribution in [0.5, 0.6) is 5.75 Å². The van der Waals surface area contributed by atoms with Crippen LogP contribution >= 0.6 is 11.3 Å². The first-order valence-corrected chi connectivity index (χ1v) is 11.3. The first kappa shape index (κ1) is 20.8. The molecule has 1 N–H and O–H groups in total. The van der Waals surface area contributed by atoms with E-state index in [4.69, 9.17) is 21.3 Å². The van der Waals surface area contributed by atoms with E-state index in [1.165, 1.54) is 0 Å². The van der Waals surface area contributed by atoms with Gasteiger partial charge >= 0.3 is 0 Å². The van der Waals surface area contributed by atoms with Crippen molar-refractivity contribution in [3.8, 4) is 16.3 Å². The smallest absolute Gasteiger partial charge is 0.269 e. The van der Waals surface area contributed by atoms with Crippen molar-refractivity contribution in [1.82, 2.24) is 15.0 Å². The Morgan fingerprint density at radius 2 is 2.00 bits per heavy atom.